The fraction of sp³-hybridized carbons (Fsp3) is 1.00. The second-order valence-electron chi connectivity index (χ2n) is 3.06. The van der Waals surface area contributed by atoms with Gasteiger partial charge in [-0.15, -0.1) is 0 Å². The average molecular weight is 194 g/mol. The lowest BCUT2D eigenvalue weighted by Crippen LogP contribution is -2.36. The third kappa shape index (κ3) is 10.0. The maximum atomic E-state index is 8.62. The van der Waals surface area contributed by atoms with E-state index in [-0.39, 0.29) is 12.1 Å². The summed E-state index contributed by atoms with van der Waals surface area (Å²) in [4.78, 5) is 25.9. The van der Waals surface area contributed by atoms with Gasteiger partial charge in [0.15, 0.2) is 0 Å². The van der Waals surface area contributed by atoms with Gasteiger partial charge >= 0.3 is 8.80 Å². The van der Waals surface area contributed by atoms with Gasteiger partial charge in [-0.3, -0.25) is 0 Å². The molecule has 0 amide bonds. The van der Waals surface area contributed by atoms with Crippen molar-refractivity contribution in [1.82, 2.24) is 5.32 Å². The molecule has 74 valence electrons. The summed E-state index contributed by atoms with van der Waals surface area (Å²) >= 11 is 0. The Bertz CT molecular complexity index is 116. The zero-order valence-corrected chi connectivity index (χ0v) is 8.32. The van der Waals surface area contributed by atoms with E-state index in [2.05, 4.69) is 5.32 Å². The van der Waals surface area contributed by atoms with Crippen molar-refractivity contribution in [3.05, 3.63) is 0 Å². The lowest BCUT2D eigenvalue weighted by Gasteiger charge is -2.10. The minimum atomic E-state index is -3.81. The molecule has 6 heteroatoms. The van der Waals surface area contributed by atoms with E-state index in [1.54, 1.807) is 0 Å². The number of rotatable bonds is 6. The van der Waals surface area contributed by atoms with Gasteiger partial charge in [-0.1, -0.05) is 0 Å². The van der Waals surface area contributed by atoms with Crippen molar-refractivity contribution in [1.29, 1.82) is 0 Å². The van der Waals surface area contributed by atoms with Gasteiger partial charge in [0.25, 0.3) is 0 Å². The van der Waals surface area contributed by atoms with Crippen LogP contribution in [0.3, 0.4) is 0 Å². The van der Waals surface area contributed by atoms with Crippen molar-refractivity contribution in [2.45, 2.75) is 25.4 Å². The highest BCUT2D eigenvalue weighted by Gasteiger charge is 2.25. The van der Waals surface area contributed by atoms with Crippen molar-refractivity contribution < 1.29 is 14.4 Å². The van der Waals surface area contributed by atoms with E-state index >= 15 is 0 Å². The predicted octanol–water partition coefficient (Wildman–Crippen LogP) is -1.77. The van der Waals surface area contributed by atoms with Gasteiger partial charge in [0, 0.05) is 18.6 Å². The summed E-state index contributed by atoms with van der Waals surface area (Å²) in [7, 11) is -3.81. The summed E-state index contributed by atoms with van der Waals surface area (Å²) in [6, 6.07) is 0.184. The lowest BCUT2D eigenvalue weighted by atomic mass is 10.3. The molecule has 0 aromatic rings. The number of nitrogens with two attached hydrogens (primary N) is 1. The first-order chi connectivity index (χ1) is 5.42. The van der Waals surface area contributed by atoms with Crippen LogP contribution >= 0.6 is 0 Å². The molecule has 0 bridgehead atoms. The molecule has 1 atom stereocenters. The molecule has 0 heterocycles. The number of nitrogens with one attached hydrogen (secondary N) is 1. The van der Waals surface area contributed by atoms with Gasteiger partial charge in [0.05, 0.1) is 0 Å². The van der Waals surface area contributed by atoms with E-state index in [1.165, 1.54) is 0 Å². The van der Waals surface area contributed by atoms with E-state index in [9.17, 15) is 0 Å². The molecule has 12 heavy (non-hydrogen) atoms. The van der Waals surface area contributed by atoms with Crippen LogP contribution in [0.15, 0.2) is 0 Å². The molecule has 0 fully saturated rings. The molecule has 0 rings (SSSR count). The van der Waals surface area contributed by atoms with Gasteiger partial charge in [-0.2, -0.15) is 0 Å². The van der Waals surface area contributed by atoms with Crippen molar-refractivity contribution in [3.63, 3.8) is 0 Å². The highest BCUT2D eigenvalue weighted by molar-refractivity contribution is 6.56. The summed E-state index contributed by atoms with van der Waals surface area (Å²) in [5, 5.41) is 3.02. The fourth-order valence-corrected chi connectivity index (χ4v) is 1.43. The molecule has 0 aliphatic carbocycles. The summed E-state index contributed by atoms with van der Waals surface area (Å²) in [5.41, 5.74) is 5.46. The Morgan fingerprint density at radius 3 is 2.42 bits per heavy atom. The maximum Gasteiger partial charge on any atom is 0.492 e. The second-order valence-corrected chi connectivity index (χ2v) is 5.11. The number of hydrogen-bond acceptors (Lipinski definition) is 5. The third-order valence-corrected chi connectivity index (χ3v) is 2.36. The Hall–Kier alpha value is 0.0169. The van der Waals surface area contributed by atoms with E-state index in [4.69, 9.17) is 20.1 Å². The SMILES string of the molecule is CC(N)CNCCC[Si](O)(O)O. The fourth-order valence-electron chi connectivity index (χ4n) is 0.780. The normalized spacial score (nSPS) is 14.8. The summed E-state index contributed by atoms with van der Waals surface area (Å²) in [6.07, 6.45) is 0.558. The van der Waals surface area contributed by atoms with Crippen LogP contribution in [0.2, 0.25) is 6.04 Å². The van der Waals surface area contributed by atoms with Crippen LogP contribution in [0.5, 0.6) is 0 Å². The topological polar surface area (TPSA) is 98.7 Å². The van der Waals surface area contributed by atoms with E-state index < -0.39 is 8.80 Å². The summed E-state index contributed by atoms with van der Waals surface area (Å²) in [5.74, 6) is 0. The average Bonchev–Trinajstić information content (AvgIpc) is 1.83. The first kappa shape index (κ1) is 12.0. The van der Waals surface area contributed by atoms with Crippen LogP contribution in [0.1, 0.15) is 13.3 Å². The van der Waals surface area contributed by atoms with Gasteiger partial charge in [0.1, 0.15) is 0 Å². The Labute approximate surface area is 73.6 Å². The molecule has 1 unspecified atom stereocenters. The standard InChI is InChI=1S/C6H18N2O3Si/c1-6(7)5-8-3-2-4-12(9,10)11/h6,8-11H,2-5,7H2,1H3. The van der Waals surface area contributed by atoms with E-state index in [0.29, 0.717) is 19.5 Å². The maximum absolute atomic E-state index is 8.62. The molecule has 0 spiro atoms. The van der Waals surface area contributed by atoms with Crippen molar-refractivity contribution in [2.24, 2.45) is 5.73 Å². The molecule has 0 aromatic heterocycles. The van der Waals surface area contributed by atoms with E-state index in [0.717, 1.165) is 0 Å². The van der Waals surface area contributed by atoms with Gasteiger partial charge in [0.2, 0.25) is 0 Å². The first-order valence-corrected chi connectivity index (χ1v) is 6.10. The molecule has 0 saturated carbocycles. The molecule has 0 aromatic carbocycles. The van der Waals surface area contributed by atoms with Crippen molar-refractivity contribution in [3.8, 4) is 0 Å². The van der Waals surface area contributed by atoms with Crippen LogP contribution in [0.25, 0.3) is 0 Å². The zero-order valence-electron chi connectivity index (χ0n) is 7.32. The lowest BCUT2D eigenvalue weighted by molar-refractivity contribution is 0.226. The van der Waals surface area contributed by atoms with Crippen LogP contribution in [0.4, 0.5) is 0 Å². The minimum absolute atomic E-state index is 0.0823. The van der Waals surface area contributed by atoms with Crippen LogP contribution in [-0.2, 0) is 0 Å². The molecule has 0 saturated heterocycles. The Morgan fingerprint density at radius 1 is 1.42 bits per heavy atom. The van der Waals surface area contributed by atoms with Crippen molar-refractivity contribution in [2.75, 3.05) is 13.1 Å². The first-order valence-electron chi connectivity index (χ1n) is 4.05. The molecular formula is C6H18N2O3Si. The Kier molecular flexibility index (Phi) is 5.63. The molecule has 5 nitrogen and oxygen atoms in total. The smallest absolute Gasteiger partial charge is 0.390 e. The summed E-state index contributed by atoms with van der Waals surface area (Å²) in [6.45, 7) is 3.24. The van der Waals surface area contributed by atoms with Crippen LogP contribution < -0.4 is 11.1 Å². The monoisotopic (exact) mass is 194 g/mol. The molecular weight excluding hydrogens is 176 g/mol. The quantitative estimate of drug-likeness (QED) is 0.255. The minimum Gasteiger partial charge on any atom is -0.390 e. The van der Waals surface area contributed by atoms with Crippen molar-refractivity contribution >= 4 is 8.80 Å². The molecule has 6 N–H and O–H groups in total. The van der Waals surface area contributed by atoms with Gasteiger partial charge in [-0.05, 0) is 19.9 Å². The largest absolute Gasteiger partial charge is 0.492 e. The van der Waals surface area contributed by atoms with Crippen LogP contribution in [0, 0.1) is 0 Å². The molecule has 0 radical (unpaired) electrons. The van der Waals surface area contributed by atoms with Gasteiger partial charge in [-0.25, -0.2) is 0 Å². The molecule has 0 aliphatic rings. The number of hydrogen-bond donors (Lipinski definition) is 5. The van der Waals surface area contributed by atoms with Gasteiger partial charge < -0.3 is 25.4 Å². The third-order valence-electron chi connectivity index (χ3n) is 1.33. The highest BCUT2D eigenvalue weighted by atomic mass is 28.4. The Balaban J connectivity index is 3.12. The van der Waals surface area contributed by atoms with Crippen LogP contribution in [-0.4, -0.2) is 42.3 Å². The summed E-state index contributed by atoms with van der Waals surface area (Å²) < 4.78 is 0. The second kappa shape index (κ2) is 5.63. The Morgan fingerprint density at radius 2 is 2.00 bits per heavy atom. The highest BCUT2D eigenvalue weighted by Crippen LogP contribution is 1.99. The zero-order chi connectivity index (χ0) is 9.61. The van der Waals surface area contributed by atoms with E-state index in [1.807, 2.05) is 6.92 Å². The molecule has 0 aliphatic heterocycles. The predicted molar refractivity (Wildman–Crippen MR) is 48.4 cm³/mol.